The fourth-order valence-corrected chi connectivity index (χ4v) is 3.43. The number of amides is 5. The molecule has 0 aliphatic carbocycles. The summed E-state index contributed by atoms with van der Waals surface area (Å²) in [6.45, 7) is 2.51. The molecule has 3 rings (SSSR count). The van der Waals surface area contributed by atoms with Gasteiger partial charge in [0.25, 0.3) is 0 Å². The third kappa shape index (κ3) is 3.10. The lowest BCUT2D eigenvalue weighted by atomic mass is 9.86. The predicted molar refractivity (Wildman–Crippen MR) is 91.0 cm³/mol. The third-order valence-corrected chi connectivity index (χ3v) is 4.90. The van der Waals surface area contributed by atoms with Gasteiger partial charge in [0.1, 0.15) is 12.1 Å². The molecule has 24 heavy (non-hydrogen) atoms. The van der Waals surface area contributed by atoms with E-state index in [1.807, 2.05) is 31.2 Å². The molecule has 2 aliphatic heterocycles. The van der Waals surface area contributed by atoms with E-state index in [0.717, 1.165) is 22.9 Å². The summed E-state index contributed by atoms with van der Waals surface area (Å²) in [5.74, 6) is -0.961. The number of carbonyl (C=O) groups excluding carboxylic acids is 3. The maximum absolute atomic E-state index is 12.5. The zero-order valence-electron chi connectivity index (χ0n) is 13.2. The fourth-order valence-electron chi connectivity index (χ4n) is 3.16. The molecule has 3 atom stereocenters. The normalized spacial score (nSPS) is 26.3. The van der Waals surface area contributed by atoms with Crippen molar-refractivity contribution < 1.29 is 14.4 Å². The molecule has 0 aromatic heterocycles. The Bertz CT molecular complexity index is 664. The number of halogens is 1. The van der Waals surface area contributed by atoms with Gasteiger partial charge in [-0.2, -0.15) is 0 Å². The smallest absolute Gasteiger partial charge is 0.325 e. The van der Waals surface area contributed by atoms with Crippen LogP contribution in [0, 0.1) is 5.92 Å². The molecule has 2 aliphatic rings. The minimum atomic E-state index is -0.639. The van der Waals surface area contributed by atoms with E-state index in [-0.39, 0.29) is 11.9 Å². The van der Waals surface area contributed by atoms with E-state index in [2.05, 4.69) is 31.9 Å². The lowest BCUT2D eigenvalue weighted by Crippen LogP contribution is -2.72. The highest BCUT2D eigenvalue weighted by molar-refractivity contribution is 9.10. The summed E-state index contributed by atoms with van der Waals surface area (Å²) in [4.78, 5) is 38.3. The maximum atomic E-state index is 12.5. The first-order valence-corrected chi connectivity index (χ1v) is 8.74. The minimum absolute atomic E-state index is 0.377. The lowest BCUT2D eigenvalue weighted by molar-refractivity contribution is -0.130. The van der Waals surface area contributed by atoms with Crippen molar-refractivity contribution in [2.75, 3.05) is 6.54 Å². The van der Waals surface area contributed by atoms with E-state index in [1.165, 1.54) is 0 Å². The second-order valence-corrected chi connectivity index (χ2v) is 6.87. The van der Waals surface area contributed by atoms with Gasteiger partial charge in [0.15, 0.2) is 0 Å². The highest BCUT2D eigenvalue weighted by Gasteiger charge is 2.49. The van der Waals surface area contributed by atoms with E-state index in [1.54, 1.807) is 4.90 Å². The van der Waals surface area contributed by atoms with Gasteiger partial charge in [0, 0.05) is 11.0 Å². The molecule has 2 heterocycles. The molecule has 0 bridgehead atoms. The molecule has 8 heteroatoms. The van der Waals surface area contributed by atoms with Crippen LogP contribution < -0.4 is 16.0 Å². The highest BCUT2D eigenvalue weighted by atomic mass is 79.9. The van der Waals surface area contributed by atoms with Gasteiger partial charge in [0.2, 0.25) is 5.91 Å². The average molecular weight is 395 g/mol. The van der Waals surface area contributed by atoms with Crippen LogP contribution in [-0.2, 0) is 4.79 Å². The van der Waals surface area contributed by atoms with E-state index in [4.69, 9.17) is 0 Å². The van der Waals surface area contributed by atoms with Crippen molar-refractivity contribution in [1.82, 2.24) is 20.9 Å². The number of unbranched alkanes of at least 4 members (excludes halogenated alkanes) is 1. The topological polar surface area (TPSA) is 90.5 Å². The molecular formula is C16H19BrN4O3. The standard InChI is InChI=1S/C16H19BrN4O3/c1-2-3-8-21-13-11(14(22)20-16(21)24)12(18-15(23)19-13)9-4-6-10(17)7-5-9/h4-7,11-13H,2-3,8H2,1H3,(H2,18,19,23)(H,20,22,24). The van der Waals surface area contributed by atoms with Crippen LogP contribution in [0.1, 0.15) is 31.4 Å². The molecule has 2 saturated heterocycles. The van der Waals surface area contributed by atoms with E-state index in [0.29, 0.717) is 6.54 Å². The average Bonchev–Trinajstić information content (AvgIpc) is 2.54. The zero-order chi connectivity index (χ0) is 17.3. The zero-order valence-corrected chi connectivity index (χ0v) is 14.8. The maximum Gasteiger partial charge on any atom is 0.325 e. The summed E-state index contributed by atoms with van der Waals surface area (Å²) in [7, 11) is 0. The Hall–Kier alpha value is -2.09. The fraction of sp³-hybridized carbons (Fsp3) is 0.438. The number of hydrogen-bond acceptors (Lipinski definition) is 3. The Kier molecular flexibility index (Phi) is 4.75. The molecule has 0 spiro atoms. The molecule has 128 valence electrons. The molecule has 7 nitrogen and oxygen atoms in total. The summed E-state index contributed by atoms with van der Waals surface area (Å²) in [5.41, 5.74) is 0.822. The van der Waals surface area contributed by atoms with Crippen molar-refractivity contribution in [2.45, 2.75) is 32.0 Å². The van der Waals surface area contributed by atoms with Crippen molar-refractivity contribution in [2.24, 2.45) is 5.92 Å². The first kappa shape index (κ1) is 16.8. The summed E-state index contributed by atoms with van der Waals surface area (Å²) >= 11 is 3.38. The summed E-state index contributed by atoms with van der Waals surface area (Å²) in [5, 5.41) is 7.95. The van der Waals surface area contributed by atoms with Gasteiger partial charge < -0.3 is 15.5 Å². The molecule has 1 aromatic rings. The lowest BCUT2D eigenvalue weighted by Gasteiger charge is -2.46. The van der Waals surface area contributed by atoms with Gasteiger partial charge in [-0.25, -0.2) is 9.59 Å². The number of rotatable bonds is 4. The first-order valence-electron chi connectivity index (χ1n) is 7.95. The van der Waals surface area contributed by atoms with Gasteiger partial charge in [-0.1, -0.05) is 41.4 Å². The number of carbonyl (C=O) groups is 3. The predicted octanol–water partition coefficient (Wildman–Crippen LogP) is 2.10. The van der Waals surface area contributed by atoms with Crippen LogP contribution >= 0.6 is 15.9 Å². The van der Waals surface area contributed by atoms with Crippen molar-refractivity contribution in [1.29, 1.82) is 0 Å². The van der Waals surface area contributed by atoms with Gasteiger partial charge in [-0.05, 0) is 24.1 Å². The van der Waals surface area contributed by atoms with E-state index in [9.17, 15) is 14.4 Å². The number of nitrogens with one attached hydrogen (secondary N) is 3. The SMILES string of the molecule is CCCCN1C(=O)NC(=O)C2C(c3ccc(Br)cc3)NC(=O)NC21. The third-order valence-electron chi connectivity index (χ3n) is 4.38. The van der Waals surface area contributed by atoms with Crippen LogP contribution in [0.5, 0.6) is 0 Å². The quantitative estimate of drug-likeness (QED) is 0.729. The van der Waals surface area contributed by atoms with Crippen molar-refractivity contribution in [3.8, 4) is 0 Å². The van der Waals surface area contributed by atoms with Crippen LogP contribution in [0.2, 0.25) is 0 Å². The Balaban J connectivity index is 1.94. The highest BCUT2D eigenvalue weighted by Crippen LogP contribution is 2.32. The molecule has 3 N–H and O–H groups in total. The van der Waals surface area contributed by atoms with Crippen molar-refractivity contribution >= 4 is 33.9 Å². The second-order valence-electron chi connectivity index (χ2n) is 5.96. The van der Waals surface area contributed by atoms with Crippen LogP contribution in [0.4, 0.5) is 9.59 Å². The number of fused-ring (bicyclic) bond motifs is 1. The molecule has 3 unspecified atom stereocenters. The Morgan fingerprint density at radius 3 is 2.50 bits per heavy atom. The molecule has 2 fully saturated rings. The van der Waals surface area contributed by atoms with Crippen molar-refractivity contribution in [3.05, 3.63) is 34.3 Å². The minimum Gasteiger partial charge on any atom is -0.330 e. The Labute approximate surface area is 148 Å². The van der Waals surface area contributed by atoms with E-state index >= 15 is 0 Å². The number of nitrogens with zero attached hydrogens (tertiary/aromatic N) is 1. The van der Waals surface area contributed by atoms with Crippen LogP contribution in [-0.4, -0.2) is 35.6 Å². The van der Waals surface area contributed by atoms with Gasteiger partial charge in [0.05, 0.1) is 6.04 Å². The largest absolute Gasteiger partial charge is 0.330 e. The summed E-state index contributed by atoms with van der Waals surface area (Å²) in [6.07, 6.45) is 1.08. The number of hydrogen-bond donors (Lipinski definition) is 3. The molecule has 5 amide bonds. The first-order chi connectivity index (χ1) is 11.5. The summed E-state index contributed by atoms with van der Waals surface area (Å²) in [6, 6.07) is 6.11. The second kappa shape index (κ2) is 6.80. The van der Waals surface area contributed by atoms with Gasteiger partial charge in [-0.3, -0.25) is 10.1 Å². The summed E-state index contributed by atoms with van der Waals surface area (Å²) < 4.78 is 0.913. The number of imide groups is 1. The Morgan fingerprint density at radius 2 is 1.83 bits per heavy atom. The monoisotopic (exact) mass is 394 g/mol. The number of benzene rings is 1. The van der Waals surface area contributed by atoms with Crippen LogP contribution in [0.25, 0.3) is 0 Å². The van der Waals surface area contributed by atoms with Crippen LogP contribution in [0.15, 0.2) is 28.7 Å². The molecular weight excluding hydrogens is 376 g/mol. The number of urea groups is 2. The van der Waals surface area contributed by atoms with Crippen molar-refractivity contribution in [3.63, 3.8) is 0 Å². The molecule has 0 saturated carbocycles. The van der Waals surface area contributed by atoms with E-state index < -0.39 is 24.2 Å². The Morgan fingerprint density at radius 1 is 1.12 bits per heavy atom. The molecule has 1 aromatic carbocycles. The van der Waals surface area contributed by atoms with Gasteiger partial charge in [-0.15, -0.1) is 0 Å². The van der Waals surface area contributed by atoms with Gasteiger partial charge >= 0.3 is 12.1 Å². The van der Waals surface area contributed by atoms with Crippen LogP contribution in [0.3, 0.4) is 0 Å². The molecule has 0 radical (unpaired) electrons.